The summed E-state index contributed by atoms with van der Waals surface area (Å²) >= 11 is 0. The first-order valence-electron chi connectivity index (χ1n) is 6.33. The number of hydrogen-bond donors (Lipinski definition) is 2. The van der Waals surface area contributed by atoms with Gasteiger partial charge in [0.2, 0.25) is 0 Å². The molecular formula is C12H17F3N4. The normalized spacial score (nSPS) is 24.2. The van der Waals surface area contributed by atoms with Crippen molar-refractivity contribution in [2.24, 2.45) is 5.92 Å². The van der Waals surface area contributed by atoms with Crippen LogP contribution in [0, 0.1) is 5.92 Å². The van der Waals surface area contributed by atoms with Crippen molar-refractivity contribution in [1.82, 2.24) is 15.5 Å². The minimum Gasteiger partial charge on any atom is -0.367 e. The molecule has 2 rings (SSSR count). The second-order valence-electron chi connectivity index (χ2n) is 4.97. The van der Waals surface area contributed by atoms with Crippen molar-refractivity contribution in [2.45, 2.75) is 32.0 Å². The van der Waals surface area contributed by atoms with Crippen molar-refractivity contribution in [1.29, 1.82) is 0 Å². The van der Waals surface area contributed by atoms with Gasteiger partial charge in [-0.2, -0.15) is 13.2 Å². The summed E-state index contributed by atoms with van der Waals surface area (Å²) in [5.74, 6) is 1.05. The highest BCUT2D eigenvalue weighted by Gasteiger charge is 2.32. The van der Waals surface area contributed by atoms with Gasteiger partial charge in [0.15, 0.2) is 5.69 Å². The van der Waals surface area contributed by atoms with Crippen LogP contribution < -0.4 is 10.6 Å². The van der Waals surface area contributed by atoms with Gasteiger partial charge in [-0.3, -0.25) is 0 Å². The van der Waals surface area contributed by atoms with Crippen LogP contribution in [0.5, 0.6) is 0 Å². The van der Waals surface area contributed by atoms with Crippen LogP contribution in [0.25, 0.3) is 0 Å². The number of anilines is 1. The van der Waals surface area contributed by atoms with Gasteiger partial charge in [0, 0.05) is 12.6 Å². The van der Waals surface area contributed by atoms with Crippen LogP contribution in [-0.2, 0) is 6.18 Å². The molecule has 7 heteroatoms. The van der Waals surface area contributed by atoms with Gasteiger partial charge in [0.1, 0.15) is 5.82 Å². The number of aromatic nitrogens is 2. The molecule has 1 aromatic heterocycles. The van der Waals surface area contributed by atoms with Gasteiger partial charge in [0.05, 0.1) is 0 Å². The fraction of sp³-hybridized carbons (Fsp3) is 0.667. The molecule has 0 bridgehead atoms. The Balaban J connectivity index is 1.83. The third kappa shape index (κ3) is 4.05. The molecule has 2 unspecified atom stereocenters. The number of halogens is 3. The second-order valence-corrected chi connectivity index (χ2v) is 4.97. The second kappa shape index (κ2) is 5.73. The summed E-state index contributed by atoms with van der Waals surface area (Å²) in [5, 5.41) is 13.1. The van der Waals surface area contributed by atoms with E-state index in [1.54, 1.807) is 0 Å². The van der Waals surface area contributed by atoms with Crippen molar-refractivity contribution in [2.75, 3.05) is 18.4 Å². The zero-order valence-electron chi connectivity index (χ0n) is 10.7. The fourth-order valence-corrected chi connectivity index (χ4v) is 2.04. The zero-order valence-corrected chi connectivity index (χ0v) is 10.7. The third-order valence-electron chi connectivity index (χ3n) is 3.25. The maximum absolute atomic E-state index is 12.3. The molecule has 2 atom stereocenters. The Kier molecular flexibility index (Phi) is 4.24. The minimum atomic E-state index is -4.44. The Hall–Kier alpha value is -1.37. The van der Waals surface area contributed by atoms with Gasteiger partial charge in [0.25, 0.3) is 0 Å². The number of rotatable bonds is 3. The number of alkyl halides is 3. The molecule has 1 fully saturated rings. The van der Waals surface area contributed by atoms with Crippen LogP contribution in [0.3, 0.4) is 0 Å². The molecule has 19 heavy (non-hydrogen) atoms. The van der Waals surface area contributed by atoms with Gasteiger partial charge in [-0.15, -0.1) is 10.2 Å². The van der Waals surface area contributed by atoms with E-state index in [1.807, 2.05) is 0 Å². The predicted octanol–water partition coefficient (Wildman–Crippen LogP) is 2.30. The molecule has 2 heterocycles. The lowest BCUT2D eigenvalue weighted by Gasteiger charge is -2.27. The first-order valence-corrected chi connectivity index (χ1v) is 6.33. The van der Waals surface area contributed by atoms with Crippen molar-refractivity contribution in [3.8, 4) is 0 Å². The Labute approximate surface area is 109 Å². The number of nitrogens with one attached hydrogen (secondary N) is 2. The molecule has 1 aromatic rings. The summed E-state index contributed by atoms with van der Waals surface area (Å²) in [4.78, 5) is 0. The lowest BCUT2D eigenvalue weighted by molar-refractivity contribution is -0.141. The maximum Gasteiger partial charge on any atom is 0.435 e. The van der Waals surface area contributed by atoms with Gasteiger partial charge in [-0.1, -0.05) is 6.92 Å². The monoisotopic (exact) mass is 274 g/mol. The predicted molar refractivity (Wildman–Crippen MR) is 65.7 cm³/mol. The highest BCUT2D eigenvalue weighted by molar-refractivity contribution is 5.33. The molecule has 4 nitrogen and oxygen atoms in total. The van der Waals surface area contributed by atoms with Gasteiger partial charge in [-0.25, -0.2) is 0 Å². The molecule has 2 N–H and O–H groups in total. The molecule has 0 spiro atoms. The van der Waals surface area contributed by atoms with Crippen molar-refractivity contribution >= 4 is 5.82 Å². The van der Waals surface area contributed by atoms with E-state index in [0.717, 1.165) is 25.5 Å². The molecule has 1 aliphatic rings. The summed E-state index contributed by atoms with van der Waals surface area (Å²) < 4.78 is 36.9. The van der Waals surface area contributed by atoms with Crippen molar-refractivity contribution in [3.05, 3.63) is 17.8 Å². The highest BCUT2D eigenvalue weighted by atomic mass is 19.4. The largest absolute Gasteiger partial charge is 0.435 e. The lowest BCUT2D eigenvalue weighted by Crippen LogP contribution is -2.42. The third-order valence-corrected chi connectivity index (χ3v) is 3.25. The Morgan fingerprint density at radius 2 is 2.11 bits per heavy atom. The molecule has 0 amide bonds. The smallest absolute Gasteiger partial charge is 0.367 e. The summed E-state index contributed by atoms with van der Waals surface area (Å²) in [6, 6.07) is 2.58. The molecule has 1 saturated heterocycles. The Morgan fingerprint density at radius 1 is 1.32 bits per heavy atom. The maximum atomic E-state index is 12.3. The van der Waals surface area contributed by atoms with E-state index in [0.29, 0.717) is 24.3 Å². The van der Waals surface area contributed by atoms with Crippen LogP contribution in [0.4, 0.5) is 19.0 Å². The Bertz CT molecular complexity index is 396. The molecule has 106 valence electrons. The number of nitrogens with zero attached hydrogens (tertiary/aromatic N) is 2. The Morgan fingerprint density at radius 3 is 2.63 bits per heavy atom. The standard InChI is InChI=1S/C12H17F3N4/c1-8-2-3-9(16-6-8)7-17-11-5-4-10(18-19-11)12(13,14)15/h4-5,8-9,16H,2-3,6-7H2,1H3,(H,17,19). The first-order chi connectivity index (χ1) is 8.95. The number of hydrogen-bond acceptors (Lipinski definition) is 4. The average Bonchev–Trinajstić information content (AvgIpc) is 2.37. The molecule has 0 aromatic carbocycles. The van der Waals surface area contributed by atoms with Crippen LogP contribution in [-0.4, -0.2) is 29.3 Å². The van der Waals surface area contributed by atoms with Crippen molar-refractivity contribution < 1.29 is 13.2 Å². The van der Waals surface area contributed by atoms with E-state index in [2.05, 4.69) is 27.8 Å². The van der Waals surface area contributed by atoms with Gasteiger partial charge in [-0.05, 0) is 37.4 Å². The van der Waals surface area contributed by atoms with Gasteiger partial charge < -0.3 is 10.6 Å². The van der Waals surface area contributed by atoms with E-state index >= 15 is 0 Å². The first kappa shape index (κ1) is 14.0. The van der Waals surface area contributed by atoms with Crippen molar-refractivity contribution in [3.63, 3.8) is 0 Å². The SMILES string of the molecule is CC1CCC(CNc2ccc(C(F)(F)F)nn2)NC1. The molecule has 0 aliphatic carbocycles. The van der Waals surface area contributed by atoms with Crippen LogP contribution in [0.1, 0.15) is 25.5 Å². The van der Waals surface area contributed by atoms with E-state index in [4.69, 9.17) is 0 Å². The van der Waals surface area contributed by atoms with E-state index in [9.17, 15) is 13.2 Å². The molecular weight excluding hydrogens is 257 g/mol. The van der Waals surface area contributed by atoms with E-state index in [1.165, 1.54) is 6.07 Å². The molecule has 0 radical (unpaired) electrons. The lowest BCUT2D eigenvalue weighted by atomic mass is 9.96. The highest BCUT2D eigenvalue weighted by Crippen LogP contribution is 2.27. The zero-order chi connectivity index (χ0) is 13.9. The number of piperidine rings is 1. The van der Waals surface area contributed by atoms with E-state index < -0.39 is 11.9 Å². The quantitative estimate of drug-likeness (QED) is 0.888. The summed E-state index contributed by atoms with van der Waals surface area (Å²) in [6.45, 7) is 3.82. The summed E-state index contributed by atoms with van der Waals surface area (Å²) in [5.41, 5.74) is -0.970. The molecule has 0 saturated carbocycles. The topological polar surface area (TPSA) is 49.8 Å². The minimum absolute atomic E-state index is 0.334. The van der Waals surface area contributed by atoms with E-state index in [-0.39, 0.29) is 0 Å². The average molecular weight is 274 g/mol. The van der Waals surface area contributed by atoms with Crippen LogP contribution in [0.15, 0.2) is 12.1 Å². The summed E-state index contributed by atoms with van der Waals surface area (Å²) in [6.07, 6.45) is -2.22. The molecule has 1 aliphatic heterocycles. The van der Waals surface area contributed by atoms with Crippen LogP contribution >= 0.6 is 0 Å². The summed E-state index contributed by atoms with van der Waals surface area (Å²) in [7, 11) is 0. The van der Waals surface area contributed by atoms with Crippen LogP contribution in [0.2, 0.25) is 0 Å². The van der Waals surface area contributed by atoms with Gasteiger partial charge >= 0.3 is 6.18 Å². The fourth-order valence-electron chi connectivity index (χ4n) is 2.04.